The first kappa shape index (κ1) is 19.4. The lowest BCUT2D eigenvalue weighted by Crippen LogP contribution is -2.34. The van der Waals surface area contributed by atoms with E-state index >= 15 is 0 Å². The minimum Gasteiger partial charge on any atom is -0.406 e. The molecule has 2 N–H and O–H groups in total. The maximum atomic E-state index is 14.0. The molecule has 0 saturated carbocycles. The van der Waals surface area contributed by atoms with Crippen LogP contribution < -0.4 is 10.1 Å². The average molecular weight is 405 g/mol. The molecule has 0 aliphatic carbocycles. The van der Waals surface area contributed by atoms with E-state index < -0.39 is 6.36 Å². The van der Waals surface area contributed by atoms with Gasteiger partial charge in [0, 0.05) is 30.3 Å². The lowest BCUT2D eigenvalue weighted by Gasteiger charge is -2.29. The molecule has 3 aromatic rings. The van der Waals surface area contributed by atoms with Gasteiger partial charge < -0.3 is 10.1 Å². The third-order valence-corrected chi connectivity index (χ3v) is 5.12. The zero-order valence-electron chi connectivity index (χ0n) is 15.3. The summed E-state index contributed by atoms with van der Waals surface area (Å²) in [6.07, 6.45) is -3.90. The molecule has 29 heavy (non-hydrogen) atoms. The van der Waals surface area contributed by atoms with Gasteiger partial charge in [0.1, 0.15) is 11.6 Å². The monoisotopic (exact) mass is 405 g/mol. The molecule has 152 valence electrons. The summed E-state index contributed by atoms with van der Waals surface area (Å²) in [5.74, 6) is -0.294. The number of nitrogens with zero attached hydrogens (tertiary/aromatic N) is 1. The third-order valence-electron chi connectivity index (χ3n) is 5.12. The van der Waals surface area contributed by atoms with Crippen molar-refractivity contribution in [2.24, 2.45) is 0 Å². The summed E-state index contributed by atoms with van der Waals surface area (Å²) in [4.78, 5) is 0. The van der Waals surface area contributed by atoms with Crippen molar-refractivity contribution in [1.29, 1.82) is 0 Å². The molecule has 1 saturated heterocycles. The van der Waals surface area contributed by atoms with E-state index in [0.717, 1.165) is 30.8 Å². The Morgan fingerprint density at radius 3 is 2.41 bits per heavy atom. The summed E-state index contributed by atoms with van der Waals surface area (Å²) in [5.41, 5.74) is 2.83. The van der Waals surface area contributed by atoms with Crippen LogP contribution in [0.1, 0.15) is 29.5 Å². The number of aromatic amines is 1. The zero-order chi connectivity index (χ0) is 20.4. The molecule has 2 heterocycles. The molecule has 0 spiro atoms. The van der Waals surface area contributed by atoms with Gasteiger partial charge in [0.15, 0.2) is 0 Å². The summed E-state index contributed by atoms with van der Waals surface area (Å²) >= 11 is 0. The highest BCUT2D eigenvalue weighted by Crippen LogP contribution is 2.34. The molecule has 0 amide bonds. The van der Waals surface area contributed by atoms with Crippen LogP contribution in [0, 0.1) is 5.82 Å². The lowest BCUT2D eigenvalue weighted by molar-refractivity contribution is -0.274. The van der Waals surface area contributed by atoms with Crippen molar-refractivity contribution in [2.45, 2.75) is 24.6 Å². The van der Waals surface area contributed by atoms with Crippen molar-refractivity contribution in [3.63, 3.8) is 0 Å². The van der Waals surface area contributed by atoms with E-state index in [9.17, 15) is 17.6 Å². The zero-order valence-corrected chi connectivity index (χ0v) is 15.3. The van der Waals surface area contributed by atoms with Crippen LogP contribution in [0.5, 0.6) is 5.75 Å². The number of piperidine rings is 1. The molecule has 1 fully saturated rings. The summed E-state index contributed by atoms with van der Waals surface area (Å²) < 4.78 is 54.9. The maximum absolute atomic E-state index is 14.0. The SMILES string of the molecule is Fc1ccccc1-c1cc(C2CNCC(c3ccc(OC(F)(F)F)cc3)C2)[nH]n1. The molecule has 8 heteroatoms. The predicted molar refractivity (Wildman–Crippen MR) is 100 cm³/mol. The largest absolute Gasteiger partial charge is 0.573 e. The van der Waals surface area contributed by atoms with Crippen molar-refractivity contribution in [3.8, 4) is 17.0 Å². The van der Waals surface area contributed by atoms with Gasteiger partial charge in [-0.2, -0.15) is 5.10 Å². The number of halogens is 4. The Balaban J connectivity index is 1.47. The van der Waals surface area contributed by atoms with Crippen LogP contribution in [0.4, 0.5) is 17.6 Å². The highest BCUT2D eigenvalue weighted by atomic mass is 19.4. The standard InChI is InChI=1S/C21H19F4N3O/c22-18-4-2-1-3-17(18)20-10-19(27-28-20)15-9-14(11-26-12-15)13-5-7-16(8-6-13)29-21(23,24)25/h1-8,10,14-15,26H,9,11-12H2,(H,27,28). The van der Waals surface area contributed by atoms with Crippen LogP contribution in [0.15, 0.2) is 54.6 Å². The normalized spacial score (nSPS) is 19.9. The second kappa shape index (κ2) is 7.87. The van der Waals surface area contributed by atoms with Crippen LogP contribution in [0.3, 0.4) is 0 Å². The number of benzene rings is 2. The first-order valence-corrected chi connectivity index (χ1v) is 9.25. The van der Waals surface area contributed by atoms with E-state index in [4.69, 9.17) is 0 Å². The van der Waals surface area contributed by atoms with Crippen LogP contribution in [0.2, 0.25) is 0 Å². The second-order valence-corrected chi connectivity index (χ2v) is 7.09. The number of H-pyrrole nitrogens is 1. The van der Waals surface area contributed by atoms with E-state index in [1.165, 1.54) is 18.2 Å². The second-order valence-electron chi connectivity index (χ2n) is 7.09. The number of nitrogens with one attached hydrogen (secondary N) is 2. The summed E-state index contributed by atoms with van der Waals surface area (Å²) in [6.45, 7) is 1.47. The Bertz CT molecular complexity index is 969. The Hall–Kier alpha value is -2.87. The van der Waals surface area contributed by atoms with Crippen molar-refractivity contribution < 1.29 is 22.3 Å². The van der Waals surface area contributed by atoms with Gasteiger partial charge >= 0.3 is 6.36 Å². The van der Waals surface area contributed by atoms with Gasteiger partial charge in [0.2, 0.25) is 0 Å². The number of alkyl halides is 3. The number of rotatable bonds is 4. The summed E-state index contributed by atoms with van der Waals surface area (Å²) in [7, 11) is 0. The molecule has 2 unspecified atom stereocenters. The van der Waals surface area contributed by atoms with Gasteiger partial charge in [0.05, 0.1) is 5.69 Å². The summed E-state index contributed by atoms with van der Waals surface area (Å²) in [5, 5.41) is 10.6. The maximum Gasteiger partial charge on any atom is 0.573 e. The third kappa shape index (κ3) is 4.59. The smallest absolute Gasteiger partial charge is 0.406 e. The fourth-order valence-corrected chi connectivity index (χ4v) is 3.73. The fraction of sp³-hybridized carbons (Fsp3) is 0.286. The molecular formula is C21H19F4N3O. The molecule has 0 bridgehead atoms. The molecule has 0 radical (unpaired) electrons. The van der Waals surface area contributed by atoms with Crippen molar-refractivity contribution >= 4 is 0 Å². The van der Waals surface area contributed by atoms with Gasteiger partial charge in [-0.05, 0) is 48.2 Å². The predicted octanol–water partition coefficient (Wildman–Crippen LogP) is 4.98. The van der Waals surface area contributed by atoms with Crippen LogP contribution in [0.25, 0.3) is 11.3 Å². The highest BCUT2D eigenvalue weighted by Gasteiger charge is 2.31. The van der Waals surface area contributed by atoms with Gasteiger partial charge in [-0.1, -0.05) is 24.3 Å². The number of ether oxygens (including phenoxy) is 1. The van der Waals surface area contributed by atoms with E-state index in [2.05, 4.69) is 20.3 Å². The van der Waals surface area contributed by atoms with Crippen LogP contribution >= 0.6 is 0 Å². The molecule has 1 aliphatic heterocycles. The minimum absolute atomic E-state index is 0.132. The van der Waals surface area contributed by atoms with Gasteiger partial charge in [-0.25, -0.2) is 4.39 Å². The molecule has 4 rings (SSSR count). The quantitative estimate of drug-likeness (QED) is 0.603. The fourth-order valence-electron chi connectivity index (χ4n) is 3.73. The Morgan fingerprint density at radius 2 is 1.69 bits per heavy atom. The van der Waals surface area contributed by atoms with Crippen molar-refractivity contribution in [3.05, 3.63) is 71.7 Å². The van der Waals surface area contributed by atoms with E-state index in [1.54, 1.807) is 30.3 Å². The molecule has 4 nitrogen and oxygen atoms in total. The molecule has 2 atom stereocenters. The van der Waals surface area contributed by atoms with Crippen molar-refractivity contribution in [2.75, 3.05) is 13.1 Å². The molecular weight excluding hydrogens is 386 g/mol. The molecule has 2 aromatic carbocycles. The lowest BCUT2D eigenvalue weighted by atomic mass is 9.84. The summed E-state index contributed by atoms with van der Waals surface area (Å²) in [6, 6.07) is 14.3. The first-order valence-electron chi connectivity index (χ1n) is 9.25. The van der Waals surface area contributed by atoms with Crippen molar-refractivity contribution in [1.82, 2.24) is 15.5 Å². The topological polar surface area (TPSA) is 49.9 Å². The van der Waals surface area contributed by atoms with Gasteiger partial charge in [0.25, 0.3) is 0 Å². The van der Waals surface area contributed by atoms with Crippen LogP contribution in [-0.4, -0.2) is 29.6 Å². The number of hydrogen-bond donors (Lipinski definition) is 2. The van der Waals surface area contributed by atoms with Crippen LogP contribution in [-0.2, 0) is 0 Å². The van der Waals surface area contributed by atoms with Gasteiger partial charge in [-0.15, -0.1) is 13.2 Å². The van der Waals surface area contributed by atoms with E-state index in [1.807, 2.05) is 6.07 Å². The highest BCUT2D eigenvalue weighted by molar-refractivity contribution is 5.60. The Morgan fingerprint density at radius 1 is 0.966 bits per heavy atom. The number of aromatic nitrogens is 2. The Labute approximate surface area is 164 Å². The van der Waals surface area contributed by atoms with E-state index in [-0.39, 0.29) is 23.4 Å². The first-order chi connectivity index (χ1) is 13.9. The molecule has 1 aliphatic rings. The average Bonchev–Trinajstić information content (AvgIpc) is 3.18. The molecule has 1 aromatic heterocycles. The minimum atomic E-state index is -4.70. The number of hydrogen-bond acceptors (Lipinski definition) is 3. The Kier molecular flexibility index (Phi) is 5.27. The van der Waals surface area contributed by atoms with Gasteiger partial charge in [-0.3, -0.25) is 5.10 Å². The van der Waals surface area contributed by atoms with E-state index in [0.29, 0.717) is 11.3 Å².